The molecule has 2 bridgehead atoms. The molecule has 15 heteroatoms. The van der Waals surface area contributed by atoms with E-state index >= 15 is 0 Å². The zero-order chi connectivity index (χ0) is 40.6. The van der Waals surface area contributed by atoms with Gasteiger partial charge in [-0.15, -0.1) is 0 Å². The molecule has 11 nitrogen and oxygen atoms in total. The average molecular weight is 802 g/mol. The molecular weight excluding hydrogens is 759 g/mol. The van der Waals surface area contributed by atoms with Crippen molar-refractivity contribution in [3.05, 3.63) is 96.8 Å². The number of aryl methyl sites for hydroxylation is 1. The molecule has 0 saturated heterocycles. The van der Waals surface area contributed by atoms with Crippen molar-refractivity contribution in [1.29, 1.82) is 0 Å². The molecular formula is C42H43ClF3N7O4. The first-order valence-corrected chi connectivity index (χ1v) is 19.4. The van der Waals surface area contributed by atoms with Gasteiger partial charge in [0.2, 0.25) is 11.8 Å². The Bertz CT molecular complexity index is 2590. The van der Waals surface area contributed by atoms with Crippen LogP contribution in [0.25, 0.3) is 33.3 Å². The number of rotatable bonds is 9. The van der Waals surface area contributed by atoms with Crippen LogP contribution in [0.15, 0.2) is 58.1 Å². The smallest absolute Gasteiger partial charge is 0.433 e. The molecule has 2 saturated carbocycles. The molecule has 1 amide bonds. The van der Waals surface area contributed by atoms with Crippen molar-refractivity contribution in [2.45, 2.75) is 64.6 Å². The van der Waals surface area contributed by atoms with Crippen molar-refractivity contribution in [3.8, 4) is 28.3 Å². The molecule has 3 aliphatic rings. The molecule has 0 radical (unpaired) electrons. The number of fused-ring (bicyclic) bond motifs is 4. The van der Waals surface area contributed by atoms with Crippen LogP contribution >= 0.6 is 11.6 Å². The fourth-order valence-corrected chi connectivity index (χ4v) is 9.77. The van der Waals surface area contributed by atoms with E-state index in [4.69, 9.17) is 27.1 Å². The summed E-state index contributed by atoms with van der Waals surface area (Å²) in [6, 6.07) is 13.7. The number of aromatic nitrogens is 4. The molecule has 3 aromatic heterocycles. The standard InChI is InChI=1S/C42H43ClF3N7O4/c1-23-25(7-6-10-29(23)48-35-33-31(20-32(50-35)42(44,45)46)51(2)39(56)52(3)37(33)54)27-8-5-9-28(34(27)43)30-19-24-21-53(17-11-26(24)36(49-30)57-4)18-16-40-12-14-41(22-40,15-13-40)38(47)55/h5-10,19-20H,11-18,21-22H2,1-4H3,(H2,47,55)(H,48,50). The highest BCUT2D eigenvalue weighted by molar-refractivity contribution is 6.36. The molecule has 57 heavy (non-hydrogen) atoms. The summed E-state index contributed by atoms with van der Waals surface area (Å²) in [5.74, 6) is 0.0693. The number of hydrogen-bond donors (Lipinski definition) is 2. The van der Waals surface area contributed by atoms with Crippen molar-refractivity contribution < 1.29 is 22.7 Å². The summed E-state index contributed by atoms with van der Waals surface area (Å²) in [7, 11) is 4.18. The molecule has 298 valence electrons. The highest BCUT2D eigenvalue weighted by Gasteiger charge is 2.56. The normalized spacial score (nSPS) is 20.6. The van der Waals surface area contributed by atoms with Gasteiger partial charge in [-0.25, -0.2) is 14.8 Å². The van der Waals surface area contributed by atoms with Crippen LogP contribution in [0.2, 0.25) is 5.02 Å². The van der Waals surface area contributed by atoms with Crippen LogP contribution in [0.3, 0.4) is 0 Å². The Balaban J connectivity index is 1.11. The summed E-state index contributed by atoms with van der Waals surface area (Å²) < 4.78 is 49.8. The molecule has 0 unspecified atom stereocenters. The predicted octanol–water partition coefficient (Wildman–Crippen LogP) is 7.28. The number of hydrogen-bond acceptors (Lipinski definition) is 8. The van der Waals surface area contributed by atoms with Gasteiger partial charge in [-0.2, -0.15) is 13.2 Å². The van der Waals surface area contributed by atoms with E-state index < -0.39 is 23.1 Å². The van der Waals surface area contributed by atoms with Gasteiger partial charge in [0.1, 0.15) is 16.9 Å². The number of methoxy groups -OCH3 is 1. The SMILES string of the molecule is COc1nc(-c2cccc(-c3cccc(Nc4nc(C(F)(F)F)cc5c4c(=O)n(C)c(=O)n5C)c3C)c2Cl)cc2c1CCN(CCC13CCC(C(N)=O)(CC1)C3)C2. The van der Waals surface area contributed by atoms with Gasteiger partial charge in [0.25, 0.3) is 5.56 Å². The Morgan fingerprint density at radius 2 is 1.70 bits per heavy atom. The summed E-state index contributed by atoms with van der Waals surface area (Å²) in [6.45, 7) is 4.31. The Kier molecular flexibility index (Phi) is 9.50. The summed E-state index contributed by atoms with van der Waals surface area (Å²) in [4.78, 5) is 49.4. The third kappa shape index (κ3) is 6.56. The van der Waals surface area contributed by atoms with Crippen molar-refractivity contribution in [2.24, 2.45) is 30.7 Å². The van der Waals surface area contributed by atoms with Gasteiger partial charge in [-0.1, -0.05) is 41.9 Å². The highest BCUT2D eigenvalue weighted by Crippen LogP contribution is 2.63. The maximum Gasteiger partial charge on any atom is 0.433 e. The monoisotopic (exact) mass is 801 g/mol. The molecule has 0 spiro atoms. The number of alkyl halides is 3. The lowest BCUT2D eigenvalue weighted by molar-refractivity contribution is -0.141. The lowest BCUT2D eigenvalue weighted by Crippen LogP contribution is -2.37. The summed E-state index contributed by atoms with van der Waals surface area (Å²) in [6.07, 6.45) is 1.77. The number of nitrogens with zero attached hydrogens (tertiary/aromatic N) is 5. The fourth-order valence-electron chi connectivity index (χ4n) is 9.45. The lowest BCUT2D eigenvalue weighted by Gasteiger charge is -2.33. The van der Waals surface area contributed by atoms with E-state index in [1.165, 1.54) is 14.1 Å². The van der Waals surface area contributed by atoms with Crippen molar-refractivity contribution >= 4 is 39.9 Å². The minimum absolute atomic E-state index is 0.146. The number of nitrogens with two attached hydrogens (primary N) is 1. The summed E-state index contributed by atoms with van der Waals surface area (Å²) in [5.41, 5.74) is 8.57. The van der Waals surface area contributed by atoms with Crippen molar-refractivity contribution in [2.75, 3.05) is 25.5 Å². The number of halogens is 4. The minimum Gasteiger partial charge on any atom is -0.481 e. The van der Waals surface area contributed by atoms with Gasteiger partial charge in [-0.05, 0) is 98.7 Å². The third-order valence-electron chi connectivity index (χ3n) is 12.8. The molecule has 5 aromatic rings. The second-order valence-corrected chi connectivity index (χ2v) is 16.4. The maximum atomic E-state index is 14.0. The Morgan fingerprint density at radius 3 is 2.39 bits per heavy atom. The van der Waals surface area contributed by atoms with Crippen LogP contribution in [-0.2, 0) is 38.0 Å². The Labute approximate surface area is 331 Å². The number of carbonyl (C=O) groups excluding carboxylic acids is 1. The van der Waals surface area contributed by atoms with Gasteiger partial charge in [-0.3, -0.25) is 23.6 Å². The molecule has 2 aliphatic carbocycles. The number of benzene rings is 2. The molecule has 8 rings (SSSR count). The lowest BCUT2D eigenvalue weighted by atomic mass is 9.80. The van der Waals surface area contributed by atoms with Crippen molar-refractivity contribution in [1.82, 2.24) is 24.0 Å². The van der Waals surface area contributed by atoms with Gasteiger partial charge in [0.15, 0.2) is 0 Å². The average Bonchev–Trinajstić information content (AvgIpc) is 3.77. The Morgan fingerprint density at radius 1 is 1.00 bits per heavy atom. The van der Waals surface area contributed by atoms with E-state index in [0.29, 0.717) is 50.6 Å². The molecule has 2 aromatic carbocycles. The van der Waals surface area contributed by atoms with Gasteiger partial charge in [0, 0.05) is 55.0 Å². The second kappa shape index (κ2) is 14.0. The number of ether oxygens (including phenoxy) is 1. The van der Waals surface area contributed by atoms with Crippen LogP contribution in [0.4, 0.5) is 24.7 Å². The third-order valence-corrected chi connectivity index (χ3v) is 13.2. The van der Waals surface area contributed by atoms with E-state index in [2.05, 4.69) is 21.3 Å². The first-order valence-electron chi connectivity index (χ1n) is 19.0. The van der Waals surface area contributed by atoms with Crippen molar-refractivity contribution in [3.63, 3.8) is 0 Å². The van der Waals surface area contributed by atoms with E-state index in [9.17, 15) is 27.6 Å². The molecule has 4 heterocycles. The molecule has 3 N–H and O–H groups in total. The zero-order valence-corrected chi connectivity index (χ0v) is 32.9. The summed E-state index contributed by atoms with van der Waals surface area (Å²) in [5, 5.41) is 3.24. The first kappa shape index (κ1) is 38.7. The number of pyridine rings is 2. The quantitative estimate of drug-likeness (QED) is 0.159. The number of anilines is 2. The number of nitrogens with one attached hydrogen (secondary N) is 1. The van der Waals surface area contributed by atoms with Crippen LogP contribution < -0.4 is 27.0 Å². The van der Waals surface area contributed by atoms with E-state index in [-0.39, 0.29) is 33.5 Å². The predicted molar refractivity (Wildman–Crippen MR) is 213 cm³/mol. The van der Waals surface area contributed by atoms with Gasteiger partial charge in [0.05, 0.1) is 23.3 Å². The number of carbonyl (C=O) groups is 1. The molecule has 0 atom stereocenters. The minimum atomic E-state index is -4.84. The van der Waals surface area contributed by atoms with Crippen LogP contribution in [0.1, 0.15) is 60.9 Å². The zero-order valence-electron chi connectivity index (χ0n) is 32.1. The molecule has 1 aliphatic heterocycles. The fraction of sp³-hybridized carbons (Fsp3) is 0.405. The second-order valence-electron chi connectivity index (χ2n) is 16.0. The topological polar surface area (TPSA) is 137 Å². The van der Waals surface area contributed by atoms with Gasteiger partial charge >= 0.3 is 11.9 Å². The highest BCUT2D eigenvalue weighted by atomic mass is 35.5. The van der Waals surface area contributed by atoms with E-state index in [1.54, 1.807) is 26.2 Å². The maximum absolute atomic E-state index is 14.0. The van der Waals surface area contributed by atoms with Crippen LogP contribution in [0, 0.1) is 17.8 Å². The first-order chi connectivity index (χ1) is 27.0. The number of amides is 1. The van der Waals surface area contributed by atoms with E-state index in [1.807, 2.05) is 24.3 Å². The van der Waals surface area contributed by atoms with Crippen LogP contribution in [0.5, 0.6) is 5.88 Å². The van der Waals surface area contributed by atoms with Crippen LogP contribution in [-0.4, -0.2) is 50.1 Å². The van der Waals surface area contributed by atoms with E-state index in [0.717, 1.165) is 84.8 Å². The summed E-state index contributed by atoms with van der Waals surface area (Å²) >= 11 is 7.22. The number of primary amides is 1. The molecule has 2 fully saturated rings. The Hall–Kier alpha value is -5.21. The van der Waals surface area contributed by atoms with Gasteiger partial charge < -0.3 is 15.8 Å². The largest absolute Gasteiger partial charge is 0.481 e.